The van der Waals surface area contributed by atoms with Crippen LogP contribution in [0, 0.1) is 0 Å². The smallest absolute Gasteiger partial charge is 0.341 e. The topological polar surface area (TPSA) is 154 Å². The first-order valence-corrected chi connectivity index (χ1v) is 6.70. The van der Waals surface area contributed by atoms with Gasteiger partial charge in [-0.2, -0.15) is 0 Å². The van der Waals surface area contributed by atoms with E-state index in [2.05, 4.69) is 0 Å². The van der Waals surface area contributed by atoms with Gasteiger partial charge in [-0.05, 0) is 12.1 Å². The highest BCUT2D eigenvalue weighted by Crippen LogP contribution is 2.23. The molecular formula is C14H16O9. The predicted octanol–water partition coefficient (Wildman–Crippen LogP) is -1.66. The number of esters is 1. The van der Waals surface area contributed by atoms with Gasteiger partial charge in [-0.1, -0.05) is 12.1 Å². The van der Waals surface area contributed by atoms with Crippen LogP contribution in [0.15, 0.2) is 24.3 Å². The Hall–Kier alpha value is -2.04. The summed E-state index contributed by atoms with van der Waals surface area (Å²) >= 11 is 0. The van der Waals surface area contributed by atoms with Crippen molar-refractivity contribution in [2.75, 3.05) is 6.61 Å². The molecule has 2 rings (SSSR count). The van der Waals surface area contributed by atoms with Crippen LogP contribution in [-0.2, 0) is 9.47 Å². The molecule has 1 heterocycles. The molecule has 1 saturated heterocycles. The van der Waals surface area contributed by atoms with E-state index in [1.165, 1.54) is 24.3 Å². The lowest BCUT2D eigenvalue weighted by Gasteiger charge is -2.39. The number of carboxylic acid groups (broad SMARTS) is 1. The molecule has 9 heteroatoms. The molecule has 5 N–H and O–H groups in total. The number of carboxylic acids is 1. The number of aliphatic hydroxyl groups excluding tert-OH is 4. The highest BCUT2D eigenvalue weighted by Gasteiger charge is 2.45. The van der Waals surface area contributed by atoms with E-state index in [1.807, 2.05) is 0 Å². The van der Waals surface area contributed by atoms with E-state index in [4.69, 9.17) is 19.7 Å². The number of rotatable bonds is 4. The zero-order chi connectivity index (χ0) is 17.1. The summed E-state index contributed by atoms with van der Waals surface area (Å²) in [4.78, 5) is 23.2. The second kappa shape index (κ2) is 7.02. The lowest BCUT2D eigenvalue weighted by atomic mass is 9.99. The summed E-state index contributed by atoms with van der Waals surface area (Å²) in [7, 11) is 0. The first-order valence-electron chi connectivity index (χ1n) is 6.70. The number of aromatic carboxylic acids is 1. The summed E-state index contributed by atoms with van der Waals surface area (Å²) in [5.41, 5.74) is -0.570. The highest BCUT2D eigenvalue weighted by molar-refractivity contribution is 6.02. The maximum absolute atomic E-state index is 12.1. The summed E-state index contributed by atoms with van der Waals surface area (Å²) in [6, 6.07) is 5.27. The van der Waals surface area contributed by atoms with E-state index in [9.17, 15) is 24.9 Å². The maximum atomic E-state index is 12.1. The maximum Gasteiger partial charge on any atom is 0.341 e. The zero-order valence-electron chi connectivity index (χ0n) is 11.8. The molecule has 1 fully saturated rings. The van der Waals surface area contributed by atoms with Gasteiger partial charge in [0.15, 0.2) is 0 Å². The lowest BCUT2D eigenvalue weighted by Crippen LogP contribution is -2.59. The van der Waals surface area contributed by atoms with Crippen molar-refractivity contribution in [3.63, 3.8) is 0 Å². The quantitative estimate of drug-likeness (QED) is 0.409. The molecule has 126 valence electrons. The minimum absolute atomic E-state index is 0.267. The molecule has 9 nitrogen and oxygen atoms in total. The minimum atomic E-state index is -1.76. The number of hydrogen-bond acceptors (Lipinski definition) is 8. The molecule has 1 aliphatic heterocycles. The van der Waals surface area contributed by atoms with E-state index in [-0.39, 0.29) is 11.1 Å². The van der Waals surface area contributed by atoms with Gasteiger partial charge in [0.05, 0.1) is 17.7 Å². The Balaban J connectivity index is 2.18. The summed E-state index contributed by atoms with van der Waals surface area (Å²) in [6.45, 7) is -0.676. The third-order valence-electron chi connectivity index (χ3n) is 3.45. The highest BCUT2D eigenvalue weighted by atomic mass is 16.7. The summed E-state index contributed by atoms with van der Waals surface area (Å²) in [6.07, 6.45) is -7.95. The summed E-state index contributed by atoms with van der Waals surface area (Å²) in [5.74, 6) is -2.43. The molecule has 0 bridgehead atoms. The van der Waals surface area contributed by atoms with E-state index in [0.717, 1.165) is 0 Å². The van der Waals surface area contributed by atoms with Crippen molar-refractivity contribution >= 4 is 11.9 Å². The van der Waals surface area contributed by atoms with Crippen LogP contribution in [0.25, 0.3) is 0 Å². The molecule has 1 unspecified atom stereocenters. The van der Waals surface area contributed by atoms with Gasteiger partial charge in [-0.15, -0.1) is 0 Å². The van der Waals surface area contributed by atoms with E-state index in [0.29, 0.717) is 0 Å². The van der Waals surface area contributed by atoms with Crippen LogP contribution in [0.3, 0.4) is 0 Å². The lowest BCUT2D eigenvalue weighted by molar-refractivity contribution is -0.285. The van der Waals surface area contributed by atoms with Crippen molar-refractivity contribution in [2.24, 2.45) is 0 Å². The van der Waals surface area contributed by atoms with E-state index in [1.54, 1.807) is 0 Å². The van der Waals surface area contributed by atoms with Crippen LogP contribution in [0.4, 0.5) is 0 Å². The standard InChI is InChI=1S/C14H16O9/c15-5-8-9(16)10(17)11(18)14(22-8)23-13(21)7-4-2-1-3-6(7)12(19)20/h1-4,8-11,14-18H,5H2,(H,19,20)/t8-,9-,10+,11-,14?/m1/s1. The van der Waals surface area contributed by atoms with Crippen LogP contribution in [0.1, 0.15) is 20.7 Å². The molecule has 5 atom stereocenters. The van der Waals surface area contributed by atoms with Crippen molar-refractivity contribution in [2.45, 2.75) is 30.7 Å². The van der Waals surface area contributed by atoms with Crippen molar-refractivity contribution in [1.82, 2.24) is 0 Å². The van der Waals surface area contributed by atoms with Crippen molar-refractivity contribution < 1.29 is 44.6 Å². The van der Waals surface area contributed by atoms with Crippen LogP contribution in [0.5, 0.6) is 0 Å². The van der Waals surface area contributed by atoms with Gasteiger partial charge in [-0.3, -0.25) is 0 Å². The number of carbonyl (C=O) groups is 2. The van der Waals surface area contributed by atoms with Crippen molar-refractivity contribution in [1.29, 1.82) is 0 Å². The molecule has 1 aromatic rings. The molecule has 0 amide bonds. The van der Waals surface area contributed by atoms with Crippen LogP contribution < -0.4 is 0 Å². The van der Waals surface area contributed by atoms with Gasteiger partial charge in [0.2, 0.25) is 6.29 Å². The van der Waals surface area contributed by atoms with Gasteiger partial charge in [0.1, 0.15) is 24.4 Å². The normalized spacial score (nSPS) is 30.7. The molecule has 0 radical (unpaired) electrons. The molecule has 1 aromatic carbocycles. The first kappa shape index (κ1) is 17.3. The van der Waals surface area contributed by atoms with Gasteiger partial charge in [-0.25, -0.2) is 9.59 Å². The van der Waals surface area contributed by atoms with Crippen LogP contribution in [-0.4, -0.2) is 74.8 Å². The molecule has 0 saturated carbocycles. The molecular weight excluding hydrogens is 312 g/mol. The SMILES string of the molecule is O=C(O)c1ccccc1C(=O)OC1O[C@H](CO)[C@@H](O)[C@H](O)[C@H]1O. The number of hydrogen-bond donors (Lipinski definition) is 5. The Morgan fingerprint density at radius 1 is 1.04 bits per heavy atom. The first-order chi connectivity index (χ1) is 10.9. The minimum Gasteiger partial charge on any atom is -0.478 e. The number of aliphatic hydroxyl groups is 4. The van der Waals surface area contributed by atoms with Gasteiger partial charge in [0, 0.05) is 0 Å². The predicted molar refractivity (Wildman–Crippen MR) is 72.6 cm³/mol. The van der Waals surface area contributed by atoms with E-state index >= 15 is 0 Å². The summed E-state index contributed by atoms with van der Waals surface area (Å²) in [5, 5.41) is 47.1. The van der Waals surface area contributed by atoms with Crippen LogP contribution >= 0.6 is 0 Å². The van der Waals surface area contributed by atoms with E-state index < -0.39 is 49.3 Å². The Bertz CT molecular complexity index is 585. The zero-order valence-corrected chi connectivity index (χ0v) is 11.8. The molecule has 1 aliphatic rings. The Morgan fingerprint density at radius 2 is 1.65 bits per heavy atom. The Morgan fingerprint density at radius 3 is 2.22 bits per heavy atom. The molecule has 23 heavy (non-hydrogen) atoms. The average molecular weight is 328 g/mol. The monoisotopic (exact) mass is 328 g/mol. The Labute approximate surface area is 130 Å². The molecule has 0 aromatic heterocycles. The fourth-order valence-electron chi connectivity index (χ4n) is 2.18. The second-order valence-electron chi connectivity index (χ2n) is 4.95. The summed E-state index contributed by atoms with van der Waals surface area (Å²) < 4.78 is 9.90. The molecule has 0 spiro atoms. The number of carbonyl (C=O) groups excluding carboxylic acids is 1. The fourth-order valence-corrected chi connectivity index (χ4v) is 2.18. The second-order valence-corrected chi connectivity index (χ2v) is 4.95. The fraction of sp³-hybridized carbons (Fsp3) is 0.429. The average Bonchev–Trinajstić information content (AvgIpc) is 2.55. The third-order valence-corrected chi connectivity index (χ3v) is 3.45. The largest absolute Gasteiger partial charge is 0.478 e. The Kier molecular flexibility index (Phi) is 5.29. The van der Waals surface area contributed by atoms with Crippen LogP contribution in [0.2, 0.25) is 0 Å². The number of benzene rings is 1. The number of ether oxygens (including phenoxy) is 2. The van der Waals surface area contributed by atoms with Gasteiger partial charge in [0.25, 0.3) is 0 Å². The van der Waals surface area contributed by atoms with Gasteiger partial charge >= 0.3 is 11.9 Å². The third kappa shape index (κ3) is 3.49. The van der Waals surface area contributed by atoms with Crippen molar-refractivity contribution in [3.8, 4) is 0 Å². The van der Waals surface area contributed by atoms with Crippen molar-refractivity contribution in [3.05, 3.63) is 35.4 Å². The van der Waals surface area contributed by atoms with Gasteiger partial charge < -0.3 is 35.0 Å². The molecule has 0 aliphatic carbocycles.